The van der Waals surface area contributed by atoms with E-state index in [0.29, 0.717) is 18.9 Å². The average Bonchev–Trinajstić information content (AvgIpc) is 2.92. The molecule has 1 heterocycles. The summed E-state index contributed by atoms with van der Waals surface area (Å²) in [6.45, 7) is 3.40. The van der Waals surface area contributed by atoms with Crippen molar-refractivity contribution in [2.45, 2.75) is 82.2 Å². The third kappa shape index (κ3) is 8.07. The number of nitrogens with zero attached hydrogens (tertiary/aromatic N) is 2. The monoisotopic (exact) mass is 554 g/mol. The Morgan fingerprint density at radius 2 is 1.38 bits per heavy atom. The molecule has 1 saturated carbocycles. The molecule has 0 bridgehead atoms. The molecule has 0 amide bonds. The number of rotatable bonds is 9. The summed E-state index contributed by atoms with van der Waals surface area (Å²) in [5.74, 6) is 0.0346. The molecule has 0 spiro atoms. The van der Waals surface area contributed by atoms with Crippen molar-refractivity contribution in [3.8, 4) is 0 Å². The van der Waals surface area contributed by atoms with Gasteiger partial charge in [-0.15, -0.1) is 0 Å². The highest BCUT2D eigenvalue weighted by Gasteiger charge is 2.37. The van der Waals surface area contributed by atoms with E-state index in [1.54, 1.807) is 0 Å². The smallest absolute Gasteiger partial charge is 0.298 e. The number of Topliss-reactive ketones (excluding diaryl/α,β-unsaturated/α-hetero) is 1. The van der Waals surface area contributed by atoms with Gasteiger partial charge in [0.2, 0.25) is 0 Å². The van der Waals surface area contributed by atoms with Crippen molar-refractivity contribution in [2.24, 2.45) is 0 Å². The predicted molar refractivity (Wildman–Crippen MR) is 138 cm³/mol. The zero-order valence-corrected chi connectivity index (χ0v) is 22.0. The third-order valence-corrected chi connectivity index (χ3v) is 8.01. The number of carbonyl (C=O) groups excluding carboxylic acids is 1. The zero-order chi connectivity index (χ0) is 28.0. The number of ketones is 1. The first-order chi connectivity index (χ1) is 18.5. The highest BCUT2D eigenvalue weighted by Crippen LogP contribution is 2.37. The van der Waals surface area contributed by atoms with Gasteiger partial charge in [-0.2, -0.15) is 26.3 Å². The van der Waals surface area contributed by atoms with E-state index >= 15 is 0 Å². The molecule has 1 aliphatic heterocycles. The van der Waals surface area contributed by atoms with Gasteiger partial charge in [-0.05, 0) is 61.4 Å². The van der Waals surface area contributed by atoms with E-state index in [4.69, 9.17) is 0 Å². The Labute approximate surface area is 226 Å². The number of carbonyl (C=O) groups is 1. The van der Waals surface area contributed by atoms with E-state index in [2.05, 4.69) is 9.80 Å². The normalized spacial score (nSPS) is 19.2. The van der Waals surface area contributed by atoms with E-state index in [0.717, 1.165) is 43.9 Å². The summed E-state index contributed by atoms with van der Waals surface area (Å²) in [5.41, 5.74) is -1.72. The average molecular weight is 555 g/mol. The van der Waals surface area contributed by atoms with Crippen LogP contribution in [-0.4, -0.2) is 47.8 Å². The maximum absolute atomic E-state index is 13.5. The van der Waals surface area contributed by atoms with Crippen molar-refractivity contribution < 1.29 is 31.1 Å². The van der Waals surface area contributed by atoms with Crippen LogP contribution in [0.5, 0.6) is 0 Å². The van der Waals surface area contributed by atoms with Crippen molar-refractivity contribution in [1.29, 1.82) is 0 Å². The number of benzene rings is 2. The minimum absolute atomic E-state index is 0.0250. The minimum atomic E-state index is -4.87. The number of alkyl halides is 6. The van der Waals surface area contributed by atoms with Gasteiger partial charge in [-0.1, -0.05) is 49.6 Å². The van der Waals surface area contributed by atoms with Gasteiger partial charge < -0.3 is 0 Å². The molecule has 2 aromatic carbocycles. The fourth-order valence-corrected chi connectivity index (χ4v) is 5.97. The lowest BCUT2D eigenvalue weighted by Crippen LogP contribution is -2.52. The molecule has 4 rings (SSSR count). The lowest BCUT2D eigenvalue weighted by atomic mass is 9.93. The molecule has 0 radical (unpaired) electrons. The maximum atomic E-state index is 13.5. The van der Waals surface area contributed by atoms with Gasteiger partial charge in [0.1, 0.15) is 0 Å². The fourth-order valence-electron chi connectivity index (χ4n) is 5.97. The highest BCUT2D eigenvalue weighted by atomic mass is 19.4. The molecular formula is C30H36F6N2O. The summed E-state index contributed by atoms with van der Waals surface area (Å²) in [4.78, 5) is 18.2. The summed E-state index contributed by atoms with van der Waals surface area (Å²) in [6, 6.07) is 11.5. The van der Waals surface area contributed by atoms with E-state index < -0.39 is 29.5 Å². The Hall–Kier alpha value is -2.39. The molecule has 9 heteroatoms. The fraction of sp³-hybridized carbons (Fsp3) is 0.567. The summed E-state index contributed by atoms with van der Waals surface area (Å²) < 4.78 is 79.0. The largest absolute Gasteiger partial charge is 0.416 e. The molecule has 0 aromatic heterocycles. The Morgan fingerprint density at radius 1 is 0.795 bits per heavy atom. The molecule has 3 nitrogen and oxygen atoms in total. The van der Waals surface area contributed by atoms with Crippen LogP contribution in [-0.2, 0) is 23.6 Å². The topological polar surface area (TPSA) is 23.6 Å². The van der Waals surface area contributed by atoms with Gasteiger partial charge >= 0.3 is 12.4 Å². The molecule has 2 aliphatic rings. The highest BCUT2D eigenvalue weighted by molar-refractivity contribution is 5.85. The first kappa shape index (κ1) is 29.6. The lowest BCUT2D eigenvalue weighted by molar-refractivity contribution is -0.143. The van der Waals surface area contributed by atoms with Gasteiger partial charge in [-0.25, -0.2) is 0 Å². The van der Waals surface area contributed by atoms with Crippen molar-refractivity contribution in [2.75, 3.05) is 26.2 Å². The number of piperazine rings is 1. The van der Waals surface area contributed by atoms with Crippen LogP contribution >= 0.6 is 0 Å². The number of halogens is 6. The molecule has 39 heavy (non-hydrogen) atoms. The van der Waals surface area contributed by atoms with Gasteiger partial charge in [0.25, 0.3) is 0 Å². The van der Waals surface area contributed by atoms with Gasteiger partial charge in [0.15, 0.2) is 5.78 Å². The van der Waals surface area contributed by atoms with Crippen LogP contribution in [0.15, 0.2) is 48.5 Å². The molecular weight excluding hydrogens is 518 g/mol. The molecule has 0 N–H and O–H groups in total. The van der Waals surface area contributed by atoms with Crippen LogP contribution in [0.2, 0.25) is 0 Å². The Morgan fingerprint density at radius 3 is 1.95 bits per heavy atom. The second-order valence-electron chi connectivity index (χ2n) is 10.8. The van der Waals surface area contributed by atoms with Crippen molar-refractivity contribution in [3.05, 3.63) is 70.8 Å². The minimum Gasteiger partial charge on any atom is -0.298 e. The molecule has 1 saturated heterocycles. The Kier molecular flexibility index (Phi) is 9.75. The standard InChI is InChI=1S/C30H36F6N2O/c31-29(32,33)24-19-22(20-25(21-24)30(34,35)36)9-7-8-14-27(39)28(23-10-3-1-4-11-23)38-17-15-37(16-18-38)26-12-5-2-6-13-26/h1,3-4,10-11,19-21,26,28H,2,5-9,12-18H2. The number of hydrogen-bond donors (Lipinski definition) is 0. The van der Waals surface area contributed by atoms with Gasteiger partial charge in [0, 0.05) is 38.6 Å². The van der Waals surface area contributed by atoms with Crippen molar-refractivity contribution in [3.63, 3.8) is 0 Å². The van der Waals surface area contributed by atoms with Crippen LogP contribution < -0.4 is 0 Å². The Balaban J connectivity index is 1.37. The van der Waals surface area contributed by atoms with E-state index in [9.17, 15) is 31.1 Å². The number of aryl methyl sites for hydroxylation is 1. The molecule has 1 aliphatic carbocycles. The Bertz CT molecular complexity index is 1040. The molecule has 1 unspecified atom stereocenters. The summed E-state index contributed by atoms with van der Waals surface area (Å²) in [5, 5.41) is 0. The third-order valence-electron chi connectivity index (χ3n) is 8.01. The summed E-state index contributed by atoms with van der Waals surface area (Å²) in [7, 11) is 0. The SMILES string of the molecule is O=C(CCCCc1cc(C(F)(F)F)cc(C(F)(F)F)c1)C(c1ccccc1)N1CCN(C2CCCCC2)CC1. The first-order valence-corrected chi connectivity index (χ1v) is 13.9. The van der Waals surface area contributed by atoms with E-state index in [1.807, 2.05) is 30.3 Å². The van der Waals surface area contributed by atoms with Crippen molar-refractivity contribution in [1.82, 2.24) is 9.80 Å². The van der Waals surface area contributed by atoms with E-state index in [1.165, 1.54) is 32.1 Å². The predicted octanol–water partition coefficient (Wildman–Crippen LogP) is 7.70. The van der Waals surface area contributed by atoms with Crippen LogP contribution in [0.3, 0.4) is 0 Å². The van der Waals surface area contributed by atoms with Crippen LogP contribution in [0.4, 0.5) is 26.3 Å². The van der Waals surface area contributed by atoms with E-state index in [-0.39, 0.29) is 30.3 Å². The second kappa shape index (κ2) is 12.9. The molecule has 214 valence electrons. The van der Waals surface area contributed by atoms with Gasteiger partial charge in [0.05, 0.1) is 17.2 Å². The zero-order valence-electron chi connectivity index (χ0n) is 22.0. The van der Waals surface area contributed by atoms with Crippen LogP contribution in [0.1, 0.15) is 79.7 Å². The van der Waals surface area contributed by atoms with Crippen LogP contribution in [0, 0.1) is 0 Å². The van der Waals surface area contributed by atoms with Gasteiger partial charge in [-0.3, -0.25) is 14.6 Å². The molecule has 2 aromatic rings. The van der Waals surface area contributed by atoms with Crippen molar-refractivity contribution >= 4 is 5.78 Å². The molecule has 1 atom stereocenters. The van der Waals surface area contributed by atoms with Crippen LogP contribution in [0.25, 0.3) is 0 Å². The summed E-state index contributed by atoms with van der Waals surface area (Å²) in [6.07, 6.45) is -2.45. The lowest BCUT2D eigenvalue weighted by Gasteiger charge is -2.43. The maximum Gasteiger partial charge on any atom is 0.416 e. The second-order valence-corrected chi connectivity index (χ2v) is 10.8. The number of hydrogen-bond acceptors (Lipinski definition) is 3. The summed E-state index contributed by atoms with van der Waals surface area (Å²) >= 11 is 0. The molecule has 2 fully saturated rings. The first-order valence-electron chi connectivity index (χ1n) is 13.9. The quantitative estimate of drug-likeness (QED) is 0.235. The number of unbranched alkanes of at least 4 members (excludes halogenated alkanes) is 1.